The number of halogens is 2. The lowest BCUT2D eigenvalue weighted by molar-refractivity contribution is -0.136. The molecule has 3 rings (SSSR count). The molecule has 7 nitrogen and oxygen atoms in total. The average molecular weight is 413 g/mol. The minimum atomic E-state index is -2.96. The Morgan fingerprint density at radius 3 is 2.33 bits per heavy atom. The van der Waals surface area contributed by atoms with E-state index in [9.17, 15) is 18.4 Å². The summed E-state index contributed by atoms with van der Waals surface area (Å²) in [5, 5.41) is 11.7. The van der Waals surface area contributed by atoms with Gasteiger partial charge in [0.05, 0.1) is 36.0 Å². The highest BCUT2D eigenvalue weighted by Gasteiger charge is 2.37. The maximum atomic E-state index is 12.9. The molecule has 154 valence electrons. The number of carbonyl (C=O) groups is 2. The summed E-state index contributed by atoms with van der Waals surface area (Å²) in [7, 11) is 1.22. The molecule has 2 aromatic rings. The number of methoxy groups -OCH3 is 1. The number of benzene rings is 2. The van der Waals surface area contributed by atoms with Crippen LogP contribution in [0.4, 0.5) is 19.3 Å². The Kier molecular flexibility index (Phi) is 5.97. The topological polar surface area (TPSA) is 91.7 Å². The largest absolute Gasteiger partial charge is 0.466 e. The van der Waals surface area contributed by atoms with Crippen molar-refractivity contribution in [2.24, 2.45) is 0 Å². The van der Waals surface area contributed by atoms with Crippen LogP contribution in [0, 0.1) is 11.3 Å². The number of nitrogens with one attached hydrogen (secondary N) is 1. The number of rotatable bonds is 5. The first-order valence-corrected chi connectivity index (χ1v) is 8.80. The van der Waals surface area contributed by atoms with Gasteiger partial charge in [-0.3, -0.25) is 4.90 Å². The number of anilines is 1. The number of alkyl halides is 2. The van der Waals surface area contributed by atoms with Crippen molar-refractivity contribution in [2.45, 2.75) is 19.6 Å². The van der Waals surface area contributed by atoms with Crippen LogP contribution < -0.4 is 15.0 Å². The van der Waals surface area contributed by atoms with E-state index in [1.807, 2.05) is 6.07 Å². The van der Waals surface area contributed by atoms with Gasteiger partial charge in [0.15, 0.2) is 0 Å². The molecule has 0 unspecified atom stereocenters. The molecular formula is C21H17F2N3O4. The molecule has 0 saturated heterocycles. The molecule has 0 bridgehead atoms. The van der Waals surface area contributed by atoms with Crippen LogP contribution in [0.1, 0.15) is 24.1 Å². The van der Waals surface area contributed by atoms with Crippen LogP contribution in [-0.4, -0.2) is 25.7 Å². The molecule has 1 atom stereocenters. The first-order valence-electron chi connectivity index (χ1n) is 8.80. The van der Waals surface area contributed by atoms with Gasteiger partial charge in [0.2, 0.25) is 0 Å². The summed E-state index contributed by atoms with van der Waals surface area (Å²) in [5.74, 6) is -0.695. The third-order valence-electron chi connectivity index (χ3n) is 4.58. The van der Waals surface area contributed by atoms with Crippen LogP contribution in [0.3, 0.4) is 0 Å². The SMILES string of the molecule is COC(=O)C1=C(C)N(c2ccc(C#N)cc2)C(=O)N[C@@H]1c1ccc(OC(F)F)cc1. The standard InChI is InChI=1S/C21H17F2N3O4/c1-12-17(19(27)29-2)18(14-5-9-16(10-6-14)30-20(22)23)25-21(28)26(12)15-7-3-13(11-24)4-8-15/h3-10,18,20H,1-2H3,(H,25,28)/t18-/m1/s1. The van der Waals surface area contributed by atoms with E-state index in [1.165, 1.54) is 36.3 Å². The second-order valence-corrected chi connectivity index (χ2v) is 6.31. The van der Waals surface area contributed by atoms with Gasteiger partial charge < -0.3 is 14.8 Å². The fourth-order valence-corrected chi connectivity index (χ4v) is 3.21. The minimum absolute atomic E-state index is 0.0459. The molecule has 2 aromatic carbocycles. The van der Waals surface area contributed by atoms with Crippen LogP contribution in [0.25, 0.3) is 0 Å². The zero-order valence-electron chi connectivity index (χ0n) is 16.1. The van der Waals surface area contributed by atoms with Crippen molar-refractivity contribution in [3.8, 4) is 11.8 Å². The Balaban J connectivity index is 2.03. The van der Waals surface area contributed by atoms with E-state index in [0.717, 1.165) is 0 Å². The van der Waals surface area contributed by atoms with Gasteiger partial charge in [-0.2, -0.15) is 14.0 Å². The second kappa shape index (κ2) is 8.61. The van der Waals surface area contributed by atoms with Crippen LogP contribution in [0.2, 0.25) is 0 Å². The molecule has 0 aliphatic carbocycles. The van der Waals surface area contributed by atoms with Gasteiger partial charge in [-0.25, -0.2) is 9.59 Å². The molecule has 1 aliphatic heterocycles. The highest BCUT2D eigenvalue weighted by Crippen LogP contribution is 2.34. The van der Waals surface area contributed by atoms with E-state index in [2.05, 4.69) is 10.1 Å². The fraction of sp³-hybridized carbons (Fsp3) is 0.190. The molecule has 0 aromatic heterocycles. The van der Waals surface area contributed by atoms with Gasteiger partial charge in [-0.05, 0) is 48.9 Å². The normalized spacial score (nSPS) is 16.2. The zero-order chi connectivity index (χ0) is 21.8. The van der Waals surface area contributed by atoms with Crippen molar-refractivity contribution in [3.05, 3.63) is 70.9 Å². The first-order chi connectivity index (χ1) is 14.3. The Morgan fingerprint density at radius 2 is 1.80 bits per heavy atom. The number of hydrogen-bond donors (Lipinski definition) is 1. The van der Waals surface area contributed by atoms with Gasteiger partial charge in [-0.15, -0.1) is 0 Å². The van der Waals surface area contributed by atoms with E-state index in [1.54, 1.807) is 31.2 Å². The van der Waals surface area contributed by atoms with Crippen molar-refractivity contribution in [1.29, 1.82) is 5.26 Å². The zero-order valence-corrected chi connectivity index (χ0v) is 16.1. The van der Waals surface area contributed by atoms with Crippen LogP contribution in [0.5, 0.6) is 5.75 Å². The number of hydrogen-bond acceptors (Lipinski definition) is 5. The summed E-state index contributed by atoms with van der Waals surface area (Å²) < 4.78 is 34.0. The molecule has 1 N–H and O–H groups in total. The molecule has 0 spiro atoms. The third-order valence-corrected chi connectivity index (χ3v) is 4.58. The molecule has 0 saturated carbocycles. The number of urea groups is 1. The van der Waals surface area contributed by atoms with Crippen molar-refractivity contribution in [2.75, 3.05) is 12.0 Å². The Morgan fingerprint density at radius 1 is 1.17 bits per heavy atom. The monoisotopic (exact) mass is 413 g/mol. The van der Waals surface area contributed by atoms with E-state index < -0.39 is 24.7 Å². The van der Waals surface area contributed by atoms with Crippen molar-refractivity contribution >= 4 is 17.7 Å². The van der Waals surface area contributed by atoms with Crippen molar-refractivity contribution in [1.82, 2.24) is 5.32 Å². The molecule has 9 heteroatoms. The van der Waals surface area contributed by atoms with Gasteiger partial charge in [0.1, 0.15) is 5.75 Å². The molecule has 2 amide bonds. The summed E-state index contributed by atoms with van der Waals surface area (Å²) >= 11 is 0. The number of nitrogens with zero attached hydrogens (tertiary/aromatic N) is 2. The highest BCUT2D eigenvalue weighted by molar-refractivity contribution is 6.03. The smallest absolute Gasteiger partial charge is 0.387 e. The Hall–Kier alpha value is -3.93. The van der Waals surface area contributed by atoms with Crippen molar-refractivity contribution in [3.63, 3.8) is 0 Å². The maximum absolute atomic E-state index is 12.9. The van der Waals surface area contributed by atoms with E-state index in [4.69, 9.17) is 10.00 Å². The first kappa shape index (κ1) is 20.8. The van der Waals surface area contributed by atoms with Crippen LogP contribution in [-0.2, 0) is 9.53 Å². The Bertz CT molecular complexity index is 1030. The highest BCUT2D eigenvalue weighted by atomic mass is 19.3. The lowest BCUT2D eigenvalue weighted by atomic mass is 9.94. The molecule has 30 heavy (non-hydrogen) atoms. The minimum Gasteiger partial charge on any atom is -0.466 e. The van der Waals surface area contributed by atoms with Gasteiger partial charge in [-0.1, -0.05) is 12.1 Å². The number of ether oxygens (including phenoxy) is 2. The van der Waals surface area contributed by atoms with E-state index in [0.29, 0.717) is 22.5 Å². The summed E-state index contributed by atoms with van der Waals surface area (Å²) in [6.45, 7) is -1.36. The van der Waals surface area contributed by atoms with Gasteiger partial charge >= 0.3 is 18.6 Å². The number of nitriles is 1. The average Bonchev–Trinajstić information content (AvgIpc) is 2.73. The Labute approximate surface area is 171 Å². The predicted molar refractivity (Wildman–Crippen MR) is 103 cm³/mol. The van der Waals surface area contributed by atoms with Gasteiger partial charge in [0, 0.05) is 5.70 Å². The van der Waals surface area contributed by atoms with E-state index >= 15 is 0 Å². The summed E-state index contributed by atoms with van der Waals surface area (Å²) in [6.07, 6.45) is 0. The summed E-state index contributed by atoms with van der Waals surface area (Å²) in [5.41, 5.74) is 1.90. The van der Waals surface area contributed by atoms with Crippen LogP contribution >= 0.6 is 0 Å². The number of esters is 1. The number of carbonyl (C=O) groups excluding carboxylic acids is 2. The molecule has 1 aliphatic rings. The van der Waals surface area contributed by atoms with Gasteiger partial charge in [0.25, 0.3) is 0 Å². The molecule has 0 fully saturated rings. The lowest BCUT2D eigenvalue weighted by Gasteiger charge is -2.35. The summed E-state index contributed by atoms with van der Waals surface area (Å²) in [6, 6.07) is 12.6. The number of amides is 2. The number of allylic oxidation sites excluding steroid dienone is 1. The molecule has 0 radical (unpaired) electrons. The van der Waals surface area contributed by atoms with Crippen molar-refractivity contribution < 1.29 is 27.8 Å². The maximum Gasteiger partial charge on any atom is 0.387 e. The third kappa shape index (κ3) is 4.07. The second-order valence-electron chi connectivity index (χ2n) is 6.31. The quantitative estimate of drug-likeness (QED) is 0.752. The fourth-order valence-electron chi connectivity index (χ4n) is 3.21. The lowest BCUT2D eigenvalue weighted by Crippen LogP contribution is -2.48. The van der Waals surface area contributed by atoms with E-state index in [-0.39, 0.29) is 11.3 Å². The predicted octanol–water partition coefficient (Wildman–Crippen LogP) is 3.88. The molecular weight excluding hydrogens is 396 g/mol. The van der Waals surface area contributed by atoms with Crippen LogP contribution in [0.15, 0.2) is 59.8 Å². The summed E-state index contributed by atoms with van der Waals surface area (Å²) in [4.78, 5) is 26.7. The molecule has 1 heterocycles.